The molecule has 0 saturated heterocycles. The van der Waals surface area contributed by atoms with Gasteiger partial charge in [0.05, 0.1) is 40.7 Å². The molecule has 0 saturated carbocycles. The molecular formula is C23H16N4O3. The van der Waals surface area contributed by atoms with Crippen molar-refractivity contribution in [3.63, 3.8) is 0 Å². The number of para-hydroxylation sites is 1. The highest BCUT2D eigenvalue weighted by Gasteiger charge is 2.18. The summed E-state index contributed by atoms with van der Waals surface area (Å²) in [5.41, 5.74) is 2.58. The lowest BCUT2D eigenvalue weighted by Crippen LogP contribution is -2.14. The van der Waals surface area contributed by atoms with Crippen LogP contribution in [-0.2, 0) is 6.54 Å². The third-order valence-electron chi connectivity index (χ3n) is 4.72. The lowest BCUT2D eigenvalue weighted by Gasteiger charge is -2.07. The number of carbonyl (C=O) groups excluding carboxylic acids is 1. The molecule has 30 heavy (non-hydrogen) atoms. The van der Waals surface area contributed by atoms with Gasteiger partial charge in [0.25, 0.3) is 5.91 Å². The Kier molecular flexibility index (Phi) is 4.97. The Morgan fingerprint density at radius 2 is 1.87 bits per heavy atom. The van der Waals surface area contributed by atoms with Crippen molar-refractivity contribution in [3.8, 4) is 6.07 Å². The van der Waals surface area contributed by atoms with Gasteiger partial charge in [-0.25, -0.2) is 4.79 Å². The summed E-state index contributed by atoms with van der Waals surface area (Å²) in [6.07, 6.45) is 3.39. The van der Waals surface area contributed by atoms with E-state index in [0.717, 1.165) is 11.2 Å². The molecule has 0 aliphatic heterocycles. The molecule has 0 unspecified atom stereocenters. The maximum absolute atomic E-state index is 13.1. The van der Waals surface area contributed by atoms with Crippen LogP contribution < -0.4 is 5.32 Å². The summed E-state index contributed by atoms with van der Waals surface area (Å²) in [7, 11) is 0. The van der Waals surface area contributed by atoms with Gasteiger partial charge in [0, 0.05) is 23.3 Å². The minimum absolute atomic E-state index is 0.000729. The van der Waals surface area contributed by atoms with E-state index in [1.54, 1.807) is 42.7 Å². The van der Waals surface area contributed by atoms with E-state index in [9.17, 15) is 20.0 Å². The van der Waals surface area contributed by atoms with E-state index in [-0.39, 0.29) is 11.3 Å². The first-order chi connectivity index (χ1) is 14.6. The number of fused-ring (bicyclic) bond motifs is 1. The SMILES string of the molecule is N#Cc1ccc2c(c1)c(C(=O)Nc1ccccc1C(=O)O)cn2Cc1ccccn1. The molecule has 1 amide bonds. The van der Waals surface area contributed by atoms with Gasteiger partial charge >= 0.3 is 5.97 Å². The molecule has 4 rings (SSSR count). The van der Waals surface area contributed by atoms with Gasteiger partial charge in [-0.1, -0.05) is 18.2 Å². The van der Waals surface area contributed by atoms with Gasteiger partial charge in [-0.3, -0.25) is 9.78 Å². The zero-order valence-electron chi connectivity index (χ0n) is 15.7. The largest absolute Gasteiger partial charge is 0.478 e. The summed E-state index contributed by atoms with van der Waals surface area (Å²) in [6.45, 7) is 0.447. The van der Waals surface area contributed by atoms with E-state index >= 15 is 0 Å². The van der Waals surface area contributed by atoms with E-state index < -0.39 is 11.9 Å². The lowest BCUT2D eigenvalue weighted by atomic mass is 10.1. The number of nitriles is 1. The van der Waals surface area contributed by atoms with Crippen molar-refractivity contribution >= 4 is 28.5 Å². The fraction of sp³-hybridized carbons (Fsp3) is 0.0435. The van der Waals surface area contributed by atoms with Crippen molar-refractivity contribution in [1.29, 1.82) is 5.26 Å². The molecule has 7 nitrogen and oxygen atoms in total. The number of carboxylic acid groups (broad SMARTS) is 1. The molecule has 0 fully saturated rings. The number of aromatic carboxylic acids is 1. The van der Waals surface area contributed by atoms with Crippen LogP contribution in [0.1, 0.15) is 32.0 Å². The van der Waals surface area contributed by atoms with E-state index in [1.165, 1.54) is 12.1 Å². The van der Waals surface area contributed by atoms with Crippen LogP contribution in [-0.4, -0.2) is 26.5 Å². The fourth-order valence-corrected chi connectivity index (χ4v) is 3.31. The fourth-order valence-electron chi connectivity index (χ4n) is 3.31. The highest BCUT2D eigenvalue weighted by molar-refractivity contribution is 6.14. The minimum atomic E-state index is -1.13. The van der Waals surface area contributed by atoms with Crippen LogP contribution in [0.2, 0.25) is 0 Å². The summed E-state index contributed by atoms with van der Waals surface area (Å²) in [5.74, 6) is -1.58. The monoisotopic (exact) mass is 396 g/mol. The minimum Gasteiger partial charge on any atom is -0.478 e. The molecule has 0 aliphatic rings. The number of hydrogen-bond donors (Lipinski definition) is 2. The summed E-state index contributed by atoms with van der Waals surface area (Å²) >= 11 is 0. The van der Waals surface area contributed by atoms with Crippen LogP contribution in [0.25, 0.3) is 10.9 Å². The summed E-state index contributed by atoms with van der Waals surface area (Å²) < 4.78 is 1.89. The third-order valence-corrected chi connectivity index (χ3v) is 4.72. The third kappa shape index (κ3) is 3.62. The number of pyridine rings is 1. The van der Waals surface area contributed by atoms with Gasteiger partial charge in [0.2, 0.25) is 0 Å². The molecule has 2 aromatic heterocycles. The van der Waals surface area contributed by atoms with E-state index in [2.05, 4.69) is 16.4 Å². The Labute approximate surface area is 171 Å². The number of carboxylic acids is 1. The van der Waals surface area contributed by atoms with Crippen molar-refractivity contribution in [2.24, 2.45) is 0 Å². The molecule has 0 radical (unpaired) electrons. The normalized spacial score (nSPS) is 10.5. The number of nitrogens with one attached hydrogen (secondary N) is 1. The highest BCUT2D eigenvalue weighted by Crippen LogP contribution is 2.25. The van der Waals surface area contributed by atoms with Crippen molar-refractivity contribution in [2.75, 3.05) is 5.32 Å². The molecule has 7 heteroatoms. The van der Waals surface area contributed by atoms with E-state index in [0.29, 0.717) is 23.1 Å². The number of rotatable bonds is 5. The van der Waals surface area contributed by atoms with Crippen molar-refractivity contribution in [1.82, 2.24) is 9.55 Å². The predicted octanol–water partition coefficient (Wildman–Crippen LogP) is 3.91. The van der Waals surface area contributed by atoms with Crippen LogP contribution >= 0.6 is 0 Å². The molecule has 0 bridgehead atoms. The second-order valence-electron chi connectivity index (χ2n) is 6.64. The lowest BCUT2D eigenvalue weighted by molar-refractivity contribution is 0.0698. The summed E-state index contributed by atoms with van der Waals surface area (Å²) in [6, 6.07) is 19.0. The quantitative estimate of drug-likeness (QED) is 0.532. The van der Waals surface area contributed by atoms with Crippen LogP contribution in [0.4, 0.5) is 5.69 Å². The van der Waals surface area contributed by atoms with Gasteiger partial charge in [0.15, 0.2) is 0 Å². The molecule has 0 aliphatic carbocycles. The second-order valence-corrected chi connectivity index (χ2v) is 6.64. The second kappa shape index (κ2) is 7.89. The first-order valence-electron chi connectivity index (χ1n) is 9.13. The Balaban J connectivity index is 1.77. The molecule has 2 heterocycles. The first kappa shape index (κ1) is 18.9. The highest BCUT2D eigenvalue weighted by atomic mass is 16.4. The Morgan fingerprint density at radius 1 is 1.07 bits per heavy atom. The molecular weight excluding hydrogens is 380 g/mol. The number of hydrogen-bond acceptors (Lipinski definition) is 4. The number of nitrogens with zero attached hydrogens (tertiary/aromatic N) is 3. The Hall–Kier alpha value is -4.44. The number of amides is 1. The van der Waals surface area contributed by atoms with Crippen molar-refractivity contribution in [3.05, 3.63) is 95.4 Å². The van der Waals surface area contributed by atoms with Crippen molar-refractivity contribution in [2.45, 2.75) is 6.54 Å². The maximum Gasteiger partial charge on any atom is 0.337 e. The molecule has 2 aromatic carbocycles. The van der Waals surface area contributed by atoms with Gasteiger partial charge in [0.1, 0.15) is 0 Å². The average molecular weight is 396 g/mol. The van der Waals surface area contributed by atoms with Crippen LogP contribution in [0.3, 0.4) is 0 Å². The predicted molar refractivity (Wildman–Crippen MR) is 111 cm³/mol. The van der Waals surface area contributed by atoms with Gasteiger partial charge in [-0.2, -0.15) is 5.26 Å². The number of benzene rings is 2. The van der Waals surface area contributed by atoms with E-state index in [4.69, 9.17) is 0 Å². The summed E-state index contributed by atoms with van der Waals surface area (Å²) in [5, 5.41) is 21.9. The summed E-state index contributed by atoms with van der Waals surface area (Å²) in [4.78, 5) is 28.8. The zero-order valence-corrected chi connectivity index (χ0v) is 15.7. The topological polar surface area (TPSA) is 108 Å². The molecule has 0 spiro atoms. The number of aromatic nitrogens is 2. The van der Waals surface area contributed by atoms with Gasteiger partial charge < -0.3 is 15.0 Å². The average Bonchev–Trinajstić information content (AvgIpc) is 3.12. The van der Waals surface area contributed by atoms with Gasteiger partial charge in [-0.15, -0.1) is 0 Å². The smallest absolute Gasteiger partial charge is 0.337 e. The number of carbonyl (C=O) groups is 2. The zero-order chi connectivity index (χ0) is 21.1. The number of anilines is 1. The Morgan fingerprint density at radius 3 is 2.60 bits per heavy atom. The van der Waals surface area contributed by atoms with Crippen LogP contribution in [0, 0.1) is 11.3 Å². The molecule has 4 aromatic rings. The van der Waals surface area contributed by atoms with Gasteiger partial charge in [-0.05, 0) is 42.5 Å². The van der Waals surface area contributed by atoms with E-state index in [1.807, 2.05) is 22.8 Å². The Bertz CT molecular complexity index is 1300. The van der Waals surface area contributed by atoms with Crippen LogP contribution in [0.5, 0.6) is 0 Å². The first-order valence-corrected chi connectivity index (χ1v) is 9.13. The molecule has 146 valence electrons. The maximum atomic E-state index is 13.1. The molecule has 2 N–H and O–H groups in total. The van der Waals surface area contributed by atoms with Crippen LogP contribution in [0.15, 0.2) is 73.1 Å². The molecule has 0 atom stereocenters. The standard InChI is InChI=1S/C23H16N4O3/c24-12-15-8-9-21-18(11-15)19(14-27(21)13-16-5-3-4-10-25-16)22(28)26-20-7-2-1-6-17(20)23(29)30/h1-11,14H,13H2,(H,26,28)(H,29,30). The van der Waals surface area contributed by atoms with Crippen molar-refractivity contribution < 1.29 is 14.7 Å².